The van der Waals surface area contributed by atoms with Crippen LogP contribution >= 0.6 is 0 Å². The van der Waals surface area contributed by atoms with Gasteiger partial charge in [-0.15, -0.1) is 0 Å². The van der Waals surface area contributed by atoms with Gasteiger partial charge in [-0.3, -0.25) is 9.78 Å². The Hall–Kier alpha value is -3.59. The molecule has 0 spiro atoms. The summed E-state index contributed by atoms with van der Waals surface area (Å²) in [6.45, 7) is 3.58. The van der Waals surface area contributed by atoms with E-state index in [1.165, 1.54) is 0 Å². The van der Waals surface area contributed by atoms with Gasteiger partial charge in [-0.2, -0.15) is 0 Å². The van der Waals surface area contributed by atoms with Crippen molar-refractivity contribution in [2.24, 2.45) is 5.92 Å². The normalized spacial score (nSPS) is 18.5. The number of aromatic nitrogens is 5. The first-order chi connectivity index (χ1) is 15.6. The number of methoxy groups -OCH3 is 1. The molecule has 5 heterocycles. The van der Waals surface area contributed by atoms with Crippen LogP contribution in [0.5, 0.6) is 0 Å². The SMILES string of the molecule is CO[C@@H]1CN(C(=O)c2cnc3c(c2)ncn3Cc2ccccn2)C[C@H]1Cc1cc(C)no1. The lowest BCUT2D eigenvalue weighted by Crippen LogP contribution is -2.30. The van der Waals surface area contributed by atoms with Gasteiger partial charge < -0.3 is 18.7 Å². The highest BCUT2D eigenvalue weighted by Crippen LogP contribution is 2.26. The summed E-state index contributed by atoms with van der Waals surface area (Å²) in [5, 5.41) is 3.95. The van der Waals surface area contributed by atoms with Crippen molar-refractivity contribution in [3.63, 3.8) is 0 Å². The maximum absolute atomic E-state index is 13.2. The van der Waals surface area contributed by atoms with Gasteiger partial charge in [0.25, 0.3) is 5.91 Å². The molecule has 0 bridgehead atoms. The molecule has 9 nitrogen and oxygen atoms in total. The topological polar surface area (TPSA) is 99.2 Å². The van der Waals surface area contributed by atoms with Crippen molar-refractivity contribution in [1.29, 1.82) is 0 Å². The van der Waals surface area contributed by atoms with Crippen LogP contribution in [0.4, 0.5) is 0 Å². The standard InChI is InChI=1S/C23H24N6O3/c1-15-7-19(32-27-15)8-17-11-28(13-21(17)31-2)23(30)16-9-20-22(25-10-16)29(14-26-20)12-18-5-3-4-6-24-18/h3-7,9-10,14,17,21H,8,11-13H2,1-2H3/t17-,21-/m1/s1. The van der Waals surface area contributed by atoms with E-state index < -0.39 is 0 Å². The van der Waals surface area contributed by atoms with Gasteiger partial charge in [-0.1, -0.05) is 11.2 Å². The molecule has 32 heavy (non-hydrogen) atoms. The zero-order valence-electron chi connectivity index (χ0n) is 18.0. The Kier molecular flexibility index (Phi) is 5.40. The van der Waals surface area contributed by atoms with Crippen LogP contribution in [0.25, 0.3) is 11.2 Å². The second-order valence-electron chi connectivity index (χ2n) is 8.14. The van der Waals surface area contributed by atoms with Crippen LogP contribution in [0, 0.1) is 12.8 Å². The van der Waals surface area contributed by atoms with Gasteiger partial charge in [0.2, 0.25) is 0 Å². The third kappa shape index (κ3) is 3.99. The Morgan fingerprint density at radius 3 is 2.88 bits per heavy atom. The summed E-state index contributed by atoms with van der Waals surface area (Å²) in [5.74, 6) is 0.882. The lowest BCUT2D eigenvalue weighted by Gasteiger charge is -2.16. The molecule has 4 aromatic heterocycles. The second-order valence-corrected chi connectivity index (χ2v) is 8.14. The van der Waals surface area contributed by atoms with Crippen molar-refractivity contribution in [2.45, 2.75) is 26.0 Å². The van der Waals surface area contributed by atoms with Gasteiger partial charge in [0.15, 0.2) is 5.65 Å². The Labute approximate surface area is 185 Å². The number of nitrogens with zero attached hydrogens (tertiary/aromatic N) is 6. The minimum Gasteiger partial charge on any atom is -0.379 e. The molecule has 0 N–H and O–H groups in total. The number of carbonyl (C=O) groups is 1. The van der Waals surface area contributed by atoms with Crippen LogP contribution in [-0.2, 0) is 17.7 Å². The van der Waals surface area contributed by atoms with Crippen LogP contribution in [-0.4, -0.2) is 61.8 Å². The molecule has 0 aromatic carbocycles. The summed E-state index contributed by atoms with van der Waals surface area (Å²) < 4.78 is 12.9. The Bertz CT molecular complexity index is 1240. The fourth-order valence-corrected chi connectivity index (χ4v) is 4.27. The van der Waals surface area contributed by atoms with E-state index in [2.05, 4.69) is 20.1 Å². The van der Waals surface area contributed by atoms with Crippen LogP contribution in [0.15, 0.2) is 53.6 Å². The first-order valence-corrected chi connectivity index (χ1v) is 10.6. The first kappa shape index (κ1) is 20.3. The molecule has 9 heteroatoms. The number of ether oxygens (including phenoxy) is 1. The molecule has 5 rings (SSSR count). The number of imidazole rings is 1. The van der Waals surface area contributed by atoms with E-state index in [1.807, 2.05) is 40.7 Å². The van der Waals surface area contributed by atoms with Crippen LogP contribution in [0.1, 0.15) is 27.5 Å². The molecule has 1 saturated heterocycles. The molecular weight excluding hydrogens is 408 g/mol. The number of hydrogen-bond donors (Lipinski definition) is 0. The van der Waals surface area contributed by atoms with Crippen LogP contribution < -0.4 is 0 Å². The third-order valence-electron chi connectivity index (χ3n) is 5.87. The summed E-state index contributed by atoms with van der Waals surface area (Å²) >= 11 is 0. The fraction of sp³-hybridized carbons (Fsp3) is 0.348. The Morgan fingerprint density at radius 1 is 1.22 bits per heavy atom. The average molecular weight is 432 g/mol. The number of pyridine rings is 2. The second kappa shape index (κ2) is 8.51. The summed E-state index contributed by atoms with van der Waals surface area (Å²) in [7, 11) is 1.68. The zero-order valence-corrected chi connectivity index (χ0v) is 18.0. The van der Waals surface area contributed by atoms with Crippen molar-refractivity contribution < 1.29 is 14.1 Å². The van der Waals surface area contributed by atoms with Gasteiger partial charge in [0.1, 0.15) is 11.3 Å². The summed E-state index contributed by atoms with van der Waals surface area (Å²) in [6, 6.07) is 9.52. The lowest BCUT2D eigenvalue weighted by atomic mass is 10.0. The smallest absolute Gasteiger partial charge is 0.255 e. The third-order valence-corrected chi connectivity index (χ3v) is 5.87. The quantitative estimate of drug-likeness (QED) is 0.462. The first-order valence-electron chi connectivity index (χ1n) is 10.6. The number of amides is 1. The summed E-state index contributed by atoms with van der Waals surface area (Å²) in [4.78, 5) is 28.3. The molecule has 4 aromatic rings. The lowest BCUT2D eigenvalue weighted by molar-refractivity contribution is 0.0672. The van der Waals surface area contributed by atoms with E-state index in [9.17, 15) is 4.79 Å². The van der Waals surface area contributed by atoms with Gasteiger partial charge in [-0.25, -0.2) is 9.97 Å². The van der Waals surface area contributed by atoms with Crippen molar-refractivity contribution in [2.75, 3.05) is 20.2 Å². The van der Waals surface area contributed by atoms with E-state index in [1.54, 1.807) is 31.9 Å². The van der Waals surface area contributed by atoms with Crippen molar-refractivity contribution in [1.82, 2.24) is 29.6 Å². The molecular formula is C23H24N6O3. The fourth-order valence-electron chi connectivity index (χ4n) is 4.27. The molecule has 0 radical (unpaired) electrons. The van der Waals surface area contributed by atoms with E-state index in [0.717, 1.165) is 22.8 Å². The zero-order chi connectivity index (χ0) is 22.1. The predicted octanol–water partition coefficient (Wildman–Crippen LogP) is 2.50. The molecule has 1 amide bonds. The van der Waals surface area contributed by atoms with E-state index in [0.29, 0.717) is 37.1 Å². The minimum absolute atomic E-state index is 0.0568. The number of rotatable bonds is 6. The van der Waals surface area contributed by atoms with E-state index >= 15 is 0 Å². The number of aryl methyl sites for hydroxylation is 1. The number of carbonyl (C=O) groups excluding carboxylic acids is 1. The molecule has 0 aliphatic carbocycles. The largest absolute Gasteiger partial charge is 0.379 e. The van der Waals surface area contributed by atoms with Gasteiger partial charge in [0, 0.05) is 51.0 Å². The van der Waals surface area contributed by atoms with Crippen molar-refractivity contribution >= 4 is 17.1 Å². The number of likely N-dealkylation sites (tertiary alicyclic amines) is 1. The van der Waals surface area contributed by atoms with Crippen LogP contribution in [0.2, 0.25) is 0 Å². The molecule has 1 fully saturated rings. The van der Waals surface area contributed by atoms with Crippen molar-refractivity contribution in [3.05, 3.63) is 71.8 Å². The number of fused-ring (bicyclic) bond motifs is 1. The molecule has 1 aliphatic rings. The highest BCUT2D eigenvalue weighted by molar-refractivity contribution is 5.96. The predicted molar refractivity (Wildman–Crippen MR) is 116 cm³/mol. The Balaban J connectivity index is 1.32. The highest BCUT2D eigenvalue weighted by Gasteiger charge is 2.36. The Morgan fingerprint density at radius 2 is 2.12 bits per heavy atom. The van der Waals surface area contributed by atoms with E-state index in [-0.39, 0.29) is 17.9 Å². The molecule has 0 unspecified atom stereocenters. The van der Waals surface area contributed by atoms with Gasteiger partial charge >= 0.3 is 0 Å². The van der Waals surface area contributed by atoms with Gasteiger partial charge in [0.05, 0.1) is 35.9 Å². The molecule has 0 saturated carbocycles. The highest BCUT2D eigenvalue weighted by atomic mass is 16.5. The average Bonchev–Trinajstić information content (AvgIpc) is 3.53. The molecule has 1 aliphatic heterocycles. The molecule has 164 valence electrons. The number of hydrogen-bond acceptors (Lipinski definition) is 7. The van der Waals surface area contributed by atoms with Crippen LogP contribution in [0.3, 0.4) is 0 Å². The summed E-state index contributed by atoms with van der Waals surface area (Å²) in [5.41, 5.74) is 3.70. The minimum atomic E-state index is -0.0722. The summed E-state index contributed by atoms with van der Waals surface area (Å²) in [6.07, 6.45) is 5.74. The molecule has 2 atom stereocenters. The maximum atomic E-state index is 13.2. The monoisotopic (exact) mass is 432 g/mol. The van der Waals surface area contributed by atoms with Gasteiger partial charge in [-0.05, 0) is 25.1 Å². The maximum Gasteiger partial charge on any atom is 0.255 e. The van der Waals surface area contributed by atoms with Crippen molar-refractivity contribution in [3.8, 4) is 0 Å². The van der Waals surface area contributed by atoms with E-state index in [4.69, 9.17) is 9.26 Å².